The number of benzene rings is 2. The maximum atomic E-state index is 17.6. The van der Waals surface area contributed by atoms with E-state index < -0.39 is 23.6 Å². The smallest absolute Gasteiger partial charge is 0.461 e. The van der Waals surface area contributed by atoms with Crippen molar-refractivity contribution in [1.82, 2.24) is 29.7 Å². The van der Waals surface area contributed by atoms with Crippen LogP contribution in [-0.2, 0) is 13.0 Å². The topological polar surface area (TPSA) is 131 Å². The Morgan fingerprint density at radius 1 is 1.05 bits per heavy atom. The Labute approximate surface area is 341 Å². The summed E-state index contributed by atoms with van der Waals surface area (Å²) in [4.78, 5) is 47.6. The number of terminal acetylenes is 1. The molecule has 4 aliphatic heterocycles. The van der Waals surface area contributed by atoms with Crippen molar-refractivity contribution in [1.29, 1.82) is 0 Å². The lowest BCUT2D eigenvalue weighted by molar-refractivity contribution is 0.107. The first kappa shape index (κ1) is 40.2. The molecule has 13 nitrogen and oxygen atoms in total. The number of aryl methyl sites for hydroxylation is 1. The number of aromatic nitrogens is 3. The average Bonchev–Trinajstić information content (AvgIpc) is 3.89. The number of nitrogens with zero attached hydrogens (tertiary/aromatic N) is 7. The van der Waals surface area contributed by atoms with Crippen LogP contribution in [0.4, 0.5) is 19.4 Å². The second kappa shape index (κ2) is 15.9. The summed E-state index contributed by atoms with van der Waals surface area (Å²) in [6, 6.07) is 5.75. The third-order valence-electron chi connectivity index (χ3n) is 12.3. The van der Waals surface area contributed by atoms with Gasteiger partial charge in [0, 0.05) is 50.7 Å². The molecular weight excluding hydrogens is 761 g/mol. The molecule has 4 aliphatic rings. The molecule has 9 rings (SSSR count). The Bertz CT molecular complexity index is 2540. The van der Waals surface area contributed by atoms with Gasteiger partial charge in [0.25, 0.3) is 0 Å². The van der Waals surface area contributed by atoms with Crippen LogP contribution in [0.1, 0.15) is 69.2 Å². The third-order valence-corrected chi connectivity index (χ3v) is 12.3. The molecule has 3 fully saturated rings. The van der Waals surface area contributed by atoms with Gasteiger partial charge in [-0.15, -0.1) is 6.42 Å². The first-order valence-corrected chi connectivity index (χ1v) is 20.4. The molecule has 0 spiro atoms. The predicted molar refractivity (Wildman–Crippen MR) is 219 cm³/mol. The lowest BCUT2D eigenvalue weighted by atomic mass is 9.93. The van der Waals surface area contributed by atoms with E-state index in [1.165, 1.54) is 23.1 Å². The van der Waals surface area contributed by atoms with Crippen molar-refractivity contribution in [2.24, 2.45) is 5.92 Å². The fraction of sp³-hybridized carbons (Fsp3) is 0.477. The van der Waals surface area contributed by atoms with Gasteiger partial charge in [-0.1, -0.05) is 32.8 Å². The van der Waals surface area contributed by atoms with Crippen LogP contribution in [0.2, 0.25) is 0 Å². The summed E-state index contributed by atoms with van der Waals surface area (Å²) in [7, 11) is 3.10. The highest BCUT2D eigenvalue weighted by molar-refractivity contribution is 6.04. The molecule has 2 aromatic carbocycles. The zero-order chi connectivity index (χ0) is 41.7. The highest BCUT2D eigenvalue weighted by atomic mass is 19.1. The summed E-state index contributed by atoms with van der Waals surface area (Å²) in [6.07, 6.45) is 9.85. The summed E-state index contributed by atoms with van der Waals surface area (Å²) in [6.45, 7) is 12.4. The standard InChI is InChI=1S/C42H43F2N7O6.C2H6/c1-6-27-29(43)10-9-25-18-26(56-40(52)48(4)5)19-28(33(25)27)36-35(44)37-34-30(45-36)17-23(2)31-20-49(21-32-24(3)55-41(53)57-32)15-16-51(31)38(34)47-39(46-37)54-22-42-11-7-13-50(42)14-8-12-42;1-2/h1,9-10,18-19,23,31H,7-8,11-17,20-22H2,2-5H3;1-2H3/t23-,31?;/m0./s1. The van der Waals surface area contributed by atoms with Gasteiger partial charge >= 0.3 is 17.9 Å². The molecule has 15 heteroatoms. The maximum Gasteiger partial charge on any atom is 0.519 e. The number of ether oxygens (including phenoxy) is 2. The van der Waals surface area contributed by atoms with Crippen LogP contribution in [0.15, 0.2) is 37.9 Å². The van der Waals surface area contributed by atoms with Crippen molar-refractivity contribution in [3.63, 3.8) is 0 Å². The van der Waals surface area contributed by atoms with Crippen LogP contribution >= 0.6 is 0 Å². The van der Waals surface area contributed by atoms with Crippen molar-refractivity contribution < 1.29 is 31.9 Å². The fourth-order valence-corrected chi connectivity index (χ4v) is 9.38. The summed E-state index contributed by atoms with van der Waals surface area (Å²) in [5.41, 5.74) is 0.450. The number of hydrogen-bond donors (Lipinski definition) is 0. The second-order valence-corrected chi connectivity index (χ2v) is 16.0. The highest BCUT2D eigenvalue weighted by Gasteiger charge is 2.45. The summed E-state index contributed by atoms with van der Waals surface area (Å²) < 4.78 is 55.7. The molecule has 0 saturated carbocycles. The normalized spacial score (nSPS) is 19.7. The quantitative estimate of drug-likeness (QED) is 0.158. The van der Waals surface area contributed by atoms with Gasteiger partial charge < -0.3 is 28.1 Å². The number of hydrogen-bond acceptors (Lipinski definition) is 12. The van der Waals surface area contributed by atoms with Gasteiger partial charge in [0.15, 0.2) is 11.6 Å². The van der Waals surface area contributed by atoms with Crippen LogP contribution in [0.3, 0.4) is 0 Å². The number of halogens is 2. The minimum atomic E-state index is -0.761. The van der Waals surface area contributed by atoms with E-state index in [4.69, 9.17) is 39.7 Å². The predicted octanol–water partition coefficient (Wildman–Crippen LogP) is 6.94. The molecule has 5 aromatic rings. The van der Waals surface area contributed by atoms with Crippen molar-refractivity contribution in [2.45, 2.75) is 77.9 Å². The number of carbonyl (C=O) groups excluding carboxylic acids is 1. The maximum absolute atomic E-state index is 17.6. The van der Waals surface area contributed by atoms with E-state index in [0.717, 1.165) is 38.8 Å². The van der Waals surface area contributed by atoms with E-state index in [1.807, 2.05) is 13.8 Å². The Kier molecular flexibility index (Phi) is 10.8. The van der Waals surface area contributed by atoms with Gasteiger partial charge in [-0.25, -0.2) is 23.4 Å². The van der Waals surface area contributed by atoms with E-state index in [0.29, 0.717) is 73.0 Å². The minimum absolute atomic E-state index is 0.0231. The highest BCUT2D eigenvalue weighted by Crippen LogP contribution is 2.44. The molecule has 59 heavy (non-hydrogen) atoms. The number of fused-ring (bicyclic) bond motifs is 4. The second-order valence-electron chi connectivity index (χ2n) is 16.0. The fourth-order valence-electron chi connectivity index (χ4n) is 9.38. The number of carbonyl (C=O) groups is 1. The van der Waals surface area contributed by atoms with E-state index in [2.05, 4.69) is 27.5 Å². The lowest BCUT2D eigenvalue weighted by Crippen LogP contribution is -2.55. The third kappa shape index (κ3) is 7.16. The number of amides is 1. The van der Waals surface area contributed by atoms with Gasteiger partial charge in [-0.2, -0.15) is 9.97 Å². The van der Waals surface area contributed by atoms with Crippen molar-refractivity contribution in [2.75, 3.05) is 58.3 Å². The zero-order valence-corrected chi connectivity index (χ0v) is 34.4. The molecule has 2 atom stereocenters. The largest absolute Gasteiger partial charge is 0.519 e. The Hall–Kier alpha value is -5.59. The number of piperazine rings is 1. The monoisotopic (exact) mass is 809 g/mol. The molecule has 1 unspecified atom stereocenters. The van der Waals surface area contributed by atoms with Gasteiger partial charge in [-0.05, 0) is 81.6 Å². The molecular formula is C44H49F2N7O6. The van der Waals surface area contributed by atoms with Gasteiger partial charge in [-0.3, -0.25) is 9.80 Å². The number of rotatable bonds is 7. The molecule has 0 N–H and O–H groups in total. The summed E-state index contributed by atoms with van der Waals surface area (Å²) >= 11 is 0. The summed E-state index contributed by atoms with van der Waals surface area (Å²) in [5.74, 6) is 1.84. The van der Waals surface area contributed by atoms with Crippen LogP contribution in [0.5, 0.6) is 11.8 Å². The lowest BCUT2D eigenvalue weighted by Gasteiger charge is -2.43. The Morgan fingerprint density at radius 3 is 2.51 bits per heavy atom. The molecule has 310 valence electrons. The molecule has 0 bridgehead atoms. The van der Waals surface area contributed by atoms with Gasteiger partial charge in [0.1, 0.15) is 41.0 Å². The Morgan fingerprint density at radius 2 is 1.81 bits per heavy atom. The number of anilines is 1. The van der Waals surface area contributed by atoms with E-state index in [-0.39, 0.29) is 57.0 Å². The van der Waals surface area contributed by atoms with Gasteiger partial charge in [0.05, 0.1) is 28.7 Å². The van der Waals surface area contributed by atoms with E-state index in [9.17, 15) is 9.59 Å². The molecule has 0 radical (unpaired) electrons. The molecule has 1 amide bonds. The molecule has 3 aromatic heterocycles. The van der Waals surface area contributed by atoms with Crippen LogP contribution in [0.25, 0.3) is 32.9 Å². The van der Waals surface area contributed by atoms with Crippen molar-refractivity contribution in [3.05, 3.63) is 69.3 Å². The SMILES string of the molecule is C#Cc1c(F)ccc2cc(OC(=O)N(C)C)cc(-c3nc4c5c(nc(OCC67CCCN6CCC7)nc5c3F)N3CCN(Cc5oc(=O)oc5C)CC3[C@@H](C)C4)c12.CC. The van der Waals surface area contributed by atoms with E-state index in [1.54, 1.807) is 27.1 Å². The molecule has 7 heterocycles. The van der Waals surface area contributed by atoms with Gasteiger partial charge in [0.2, 0.25) is 0 Å². The van der Waals surface area contributed by atoms with Crippen LogP contribution in [0, 0.1) is 36.8 Å². The first-order chi connectivity index (χ1) is 28.4. The first-order valence-electron chi connectivity index (χ1n) is 20.4. The summed E-state index contributed by atoms with van der Waals surface area (Å²) in [5, 5.41) is 1.17. The zero-order valence-electron chi connectivity index (χ0n) is 34.4. The van der Waals surface area contributed by atoms with Crippen molar-refractivity contribution >= 4 is 33.6 Å². The van der Waals surface area contributed by atoms with E-state index >= 15 is 8.78 Å². The average molecular weight is 810 g/mol. The minimum Gasteiger partial charge on any atom is -0.461 e. The number of pyridine rings is 1. The molecule has 0 aliphatic carbocycles. The molecule has 3 saturated heterocycles. The Balaban J connectivity index is 0.00000238. The van der Waals surface area contributed by atoms with Crippen LogP contribution in [-0.4, -0.2) is 101 Å². The van der Waals surface area contributed by atoms with Crippen molar-refractivity contribution in [3.8, 4) is 35.4 Å². The van der Waals surface area contributed by atoms with Crippen LogP contribution < -0.4 is 20.2 Å².